The van der Waals surface area contributed by atoms with E-state index >= 15 is 0 Å². The second-order valence-corrected chi connectivity index (χ2v) is 5.59. The van der Waals surface area contributed by atoms with E-state index in [1.165, 1.54) is 0 Å². The molecule has 0 saturated carbocycles. The fraction of sp³-hybridized carbons (Fsp3) is 0.235. The minimum Gasteiger partial charge on any atom is -0.481 e. The van der Waals surface area contributed by atoms with Gasteiger partial charge in [-0.2, -0.15) is 0 Å². The Morgan fingerprint density at radius 2 is 1.85 bits per heavy atom. The van der Waals surface area contributed by atoms with Gasteiger partial charge >= 0.3 is 5.97 Å². The lowest BCUT2D eigenvalue weighted by molar-refractivity contribution is -0.142. The predicted molar refractivity (Wildman–Crippen MR) is 79.2 cm³/mol. The molecule has 20 heavy (non-hydrogen) atoms. The molecular formula is C17H15ClO2. The van der Waals surface area contributed by atoms with Crippen molar-refractivity contribution in [2.75, 3.05) is 0 Å². The molecule has 0 heterocycles. The number of fused-ring (bicyclic) bond motifs is 1. The summed E-state index contributed by atoms with van der Waals surface area (Å²) in [6.07, 6.45) is 1.36. The van der Waals surface area contributed by atoms with Crippen LogP contribution in [0.3, 0.4) is 0 Å². The molecule has 0 fully saturated rings. The zero-order valence-electron chi connectivity index (χ0n) is 10.9. The van der Waals surface area contributed by atoms with E-state index in [1.807, 2.05) is 48.5 Å². The summed E-state index contributed by atoms with van der Waals surface area (Å²) in [6.45, 7) is 0. The van der Waals surface area contributed by atoms with E-state index in [-0.39, 0.29) is 11.8 Å². The first-order chi connectivity index (χ1) is 9.68. The Morgan fingerprint density at radius 3 is 2.55 bits per heavy atom. The quantitative estimate of drug-likeness (QED) is 0.902. The van der Waals surface area contributed by atoms with Crippen LogP contribution in [0.2, 0.25) is 5.02 Å². The molecule has 102 valence electrons. The highest BCUT2D eigenvalue weighted by atomic mass is 35.5. The molecule has 1 aliphatic rings. The van der Waals surface area contributed by atoms with Crippen molar-refractivity contribution in [2.45, 2.75) is 18.8 Å². The SMILES string of the molecule is O=C(O)C1CCc2c(Cl)cccc2C1c1ccccc1. The number of hydrogen-bond donors (Lipinski definition) is 1. The van der Waals surface area contributed by atoms with Gasteiger partial charge < -0.3 is 5.11 Å². The molecule has 2 nitrogen and oxygen atoms in total. The zero-order valence-corrected chi connectivity index (χ0v) is 11.7. The monoisotopic (exact) mass is 286 g/mol. The average Bonchev–Trinajstić information content (AvgIpc) is 2.47. The molecule has 0 spiro atoms. The lowest BCUT2D eigenvalue weighted by Gasteiger charge is -2.32. The van der Waals surface area contributed by atoms with Crippen LogP contribution in [0.5, 0.6) is 0 Å². The van der Waals surface area contributed by atoms with Crippen molar-refractivity contribution >= 4 is 17.6 Å². The Kier molecular flexibility index (Phi) is 3.49. The van der Waals surface area contributed by atoms with Gasteiger partial charge in [0.05, 0.1) is 5.92 Å². The molecule has 0 radical (unpaired) electrons. The molecule has 0 aliphatic heterocycles. The van der Waals surface area contributed by atoms with E-state index in [2.05, 4.69) is 0 Å². The predicted octanol–water partition coefficient (Wildman–Crippen LogP) is 4.12. The fourth-order valence-corrected chi connectivity index (χ4v) is 3.43. The van der Waals surface area contributed by atoms with Crippen molar-refractivity contribution in [1.82, 2.24) is 0 Å². The first-order valence-electron chi connectivity index (χ1n) is 6.73. The van der Waals surface area contributed by atoms with Crippen LogP contribution in [0.4, 0.5) is 0 Å². The largest absolute Gasteiger partial charge is 0.481 e. The molecule has 2 unspecified atom stereocenters. The Balaban J connectivity index is 2.16. The topological polar surface area (TPSA) is 37.3 Å². The van der Waals surface area contributed by atoms with E-state index in [9.17, 15) is 9.90 Å². The Morgan fingerprint density at radius 1 is 1.10 bits per heavy atom. The standard InChI is InChI=1S/C17H15ClO2/c18-15-8-4-7-13-12(15)9-10-14(17(19)20)16(13)11-5-2-1-3-6-11/h1-8,14,16H,9-10H2,(H,19,20). The molecular weight excluding hydrogens is 272 g/mol. The van der Waals surface area contributed by atoms with Crippen LogP contribution in [0.15, 0.2) is 48.5 Å². The maximum absolute atomic E-state index is 11.6. The number of halogens is 1. The molecule has 2 aromatic rings. The summed E-state index contributed by atoms with van der Waals surface area (Å²) in [5.74, 6) is -1.23. The van der Waals surface area contributed by atoms with Gasteiger partial charge in [0.25, 0.3) is 0 Å². The van der Waals surface area contributed by atoms with E-state index in [4.69, 9.17) is 11.6 Å². The molecule has 3 rings (SSSR count). The minimum atomic E-state index is -0.732. The number of carboxylic acid groups (broad SMARTS) is 1. The average molecular weight is 287 g/mol. The highest BCUT2D eigenvalue weighted by molar-refractivity contribution is 6.31. The van der Waals surface area contributed by atoms with Crippen molar-refractivity contribution in [3.05, 3.63) is 70.2 Å². The molecule has 1 aliphatic carbocycles. The highest BCUT2D eigenvalue weighted by Crippen LogP contribution is 2.42. The Bertz CT molecular complexity index is 637. The molecule has 2 aromatic carbocycles. The molecule has 0 amide bonds. The van der Waals surface area contributed by atoms with Gasteiger partial charge in [-0.15, -0.1) is 0 Å². The maximum atomic E-state index is 11.6. The number of carbonyl (C=O) groups is 1. The third kappa shape index (κ3) is 2.20. The Hall–Kier alpha value is -1.80. The van der Waals surface area contributed by atoms with Gasteiger partial charge in [-0.25, -0.2) is 0 Å². The summed E-state index contributed by atoms with van der Waals surface area (Å²) in [5, 5.41) is 10.3. The number of rotatable bonds is 2. The van der Waals surface area contributed by atoms with Crippen LogP contribution < -0.4 is 0 Å². The van der Waals surface area contributed by atoms with Crippen molar-refractivity contribution < 1.29 is 9.90 Å². The van der Waals surface area contributed by atoms with Crippen molar-refractivity contribution in [3.8, 4) is 0 Å². The molecule has 3 heteroatoms. The first-order valence-corrected chi connectivity index (χ1v) is 7.11. The summed E-state index contributed by atoms with van der Waals surface area (Å²) < 4.78 is 0. The lowest BCUT2D eigenvalue weighted by atomic mass is 9.72. The minimum absolute atomic E-state index is 0.115. The summed E-state index contributed by atoms with van der Waals surface area (Å²) in [7, 11) is 0. The maximum Gasteiger partial charge on any atom is 0.307 e. The van der Waals surface area contributed by atoms with E-state index < -0.39 is 5.97 Å². The number of hydrogen-bond acceptors (Lipinski definition) is 1. The number of carboxylic acids is 1. The van der Waals surface area contributed by atoms with E-state index in [1.54, 1.807) is 0 Å². The first kappa shape index (κ1) is 13.2. The van der Waals surface area contributed by atoms with Gasteiger partial charge in [-0.05, 0) is 35.6 Å². The van der Waals surface area contributed by atoms with Crippen LogP contribution in [-0.2, 0) is 11.2 Å². The van der Waals surface area contributed by atoms with Crippen LogP contribution in [-0.4, -0.2) is 11.1 Å². The fourth-order valence-electron chi connectivity index (χ4n) is 3.15. The molecule has 2 atom stereocenters. The highest BCUT2D eigenvalue weighted by Gasteiger charge is 2.35. The van der Waals surface area contributed by atoms with Crippen LogP contribution in [0, 0.1) is 5.92 Å². The number of aliphatic carboxylic acids is 1. The van der Waals surface area contributed by atoms with Gasteiger partial charge in [-0.1, -0.05) is 54.1 Å². The third-order valence-corrected chi connectivity index (χ3v) is 4.43. The van der Waals surface area contributed by atoms with Gasteiger partial charge in [0.1, 0.15) is 0 Å². The van der Waals surface area contributed by atoms with Crippen LogP contribution in [0.1, 0.15) is 29.0 Å². The van der Waals surface area contributed by atoms with Crippen molar-refractivity contribution in [3.63, 3.8) is 0 Å². The van der Waals surface area contributed by atoms with E-state index in [0.29, 0.717) is 6.42 Å². The molecule has 1 N–H and O–H groups in total. The van der Waals surface area contributed by atoms with Crippen molar-refractivity contribution in [2.24, 2.45) is 5.92 Å². The summed E-state index contributed by atoms with van der Waals surface area (Å²) in [6, 6.07) is 15.6. The summed E-state index contributed by atoms with van der Waals surface area (Å²) in [4.78, 5) is 11.6. The molecule has 0 aromatic heterocycles. The Labute approximate surface area is 123 Å². The molecule has 0 saturated heterocycles. The second-order valence-electron chi connectivity index (χ2n) is 5.18. The van der Waals surface area contributed by atoms with Gasteiger partial charge in [-0.3, -0.25) is 4.79 Å². The normalized spacial score (nSPS) is 21.2. The number of benzene rings is 2. The third-order valence-electron chi connectivity index (χ3n) is 4.07. The van der Waals surface area contributed by atoms with Crippen LogP contribution >= 0.6 is 11.6 Å². The molecule has 0 bridgehead atoms. The van der Waals surface area contributed by atoms with E-state index in [0.717, 1.165) is 28.1 Å². The zero-order chi connectivity index (χ0) is 14.1. The smallest absolute Gasteiger partial charge is 0.307 e. The van der Waals surface area contributed by atoms with Crippen molar-refractivity contribution in [1.29, 1.82) is 0 Å². The lowest BCUT2D eigenvalue weighted by Crippen LogP contribution is -2.28. The summed E-state index contributed by atoms with van der Waals surface area (Å²) >= 11 is 6.27. The van der Waals surface area contributed by atoms with Gasteiger partial charge in [0.15, 0.2) is 0 Å². The summed E-state index contributed by atoms with van der Waals surface area (Å²) in [5.41, 5.74) is 3.20. The van der Waals surface area contributed by atoms with Gasteiger partial charge in [0, 0.05) is 10.9 Å². The van der Waals surface area contributed by atoms with Gasteiger partial charge in [0.2, 0.25) is 0 Å². The second kappa shape index (κ2) is 5.29. The van der Waals surface area contributed by atoms with Crippen LogP contribution in [0.25, 0.3) is 0 Å².